The third kappa shape index (κ3) is 1.65. The summed E-state index contributed by atoms with van der Waals surface area (Å²) in [5.41, 5.74) is 6.34. The molecule has 0 saturated heterocycles. The largest absolute Gasteiger partial charge is 0.497 e. The van der Waals surface area contributed by atoms with E-state index in [4.69, 9.17) is 16.3 Å². The maximum Gasteiger partial charge on any atom is 0.119 e. The first-order valence-electron chi connectivity index (χ1n) is 6.73. The molecule has 3 heteroatoms. The highest BCUT2D eigenvalue weighted by Crippen LogP contribution is 2.39. The van der Waals surface area contributed by atoms with E-state index in [9.17, 15) is 0 Å². The molecule has 0 amide bonds. The second kappa shape index (κ2) is 4.29. The van der Waals surface area contributed by atoms with Crippen molar-refractivity contribution in [1.82, 2.24) is 4.98 Å². The minimum Gasteiger partial charge on any atom is -0.497 e. The second-order valence-corrected chi connectivity index (χ2v) is 5.63. The number of fused-ring (bicyclic) bond motifs is 5. The lowest BCUT2D eigenvalue weighted by Gasteiger charge is -2.17. The van der Waals surface area contributed by atoms with Gasteiger partial charge in [-0.25, -0.2) is 0 Å². The van der Waals surface area contributed by atoms with Crippen molar-refractivity contribution < 1.29 is 4.74 Å². The van der Waals surface area contributed by atoms with Crippen molar-refractivity contribution in [2.24, 2.45) is 0 Å². The Morgan fingerprint density at radius 1 is 1.10 bits per heavy atom. The maximum atomic E-state index is 6.13. The molecule has 0 unspecified atom stereocenters. The van der Waals surface area contributed by atoms with Gasteiger partial charge in [0.25, 0.3) is 0 Å². The molecular weight excluding hydrogens is 270 g/mol. The van der Waals surface area contributed by atoms with Crippen LogP contribution in [0.5, 0.6) is 5.75 Å². The third-order valence-corrected chi connectivity index (χ3v) is 4.33. The Kier molecular flexibility index (Phi) is 2.54. The zero-order chi connectivity index (χ0) is 13.7. The first kappa shape index (κ1) is 11.9. The summed E-state index contributed by atoms with van der Waals surface area (Å²) in [5.74, 6) is 0.897. The Hall–Kier alpha value is -1.93. The van der Waals surface area contributed by atoms with Crippen LogP contribution < -0.4 is 4.74 Å². The number of halogens is 1. The summed E-state index contributed by atoms with van der Waals surface area (Å²) in [6, 6.07) is 12.3. The summed E-state index contributed by atoms with van der Waals surface area (Å²) in [6.45, 7) is 0. The lowest BCUT2D eigenvalue weighted by molar-refractivity contribution is 0.415. The van der Waals surface area contributed by atoms with Crippen LogP contribution in [0.3, 0.4) is 0 Å². The third-order valence-electron chi connectivity index (χ3n) is 4.10. The monoisotopic (exact) mass is 283 g/mol. The van der Waals surface area contributed by atoms with Crippen LogP contribution >= 0.6 is 11.6 Å². The van der Waals surface area contributed by atoms with E-state index in [0.29, 0.717) is 0 Å². The number of hydrogen-bond donors (Lipinski definition) is 1. The molecule has 1 heterocycles. The maximum absolute atomic E-state index is 6.13. The zero-order valence-electron chi connectivity index (χ0n) is 11.2. The van der Waals surface area contributed by atoms with Crippen molar-refractivity contribution >= 4 is 22.5 Å². The lowest BCUT2D eigenvalue weighted by atomic mass is 9.89. The Morgan fingerprint density at radius 2 is 2.00 bits per heavy atom. The number of H-pyrrole nitrogens is 1. The van der Waals surface area contributed by atoms with E-state index in [1.807, 2.05) is 12.1 Å². The quantitative estimate of drug-likeness (QED) is 0.694. The number of aromatic amines is 1. The topological polar surface area (TPSA) is 25.0 Å². The van der Waals surface area contributed by atoms with Gasteiger partial charge in [-0.2, -0.15) is 0 Å². The lowest BCUT2D eigenvalue weighted by Crippen LogP contribution is -2.03. The molecule has 0 radical (unpaired) electrons. The van der Waals surface area contributed by atoms with E-state index < -0.39 is 0 Å². The number of aromatic nitrogens is 1. The zero-order valence-corrected chi connectivity index (χ0v) is 11.9. The minimum atomic E-state index is 0.788. The molecule has 3 aromatic rings. The summed E-state index contributed by atoms with van der Waals surface area (Å²) < 4.78 is 5.35. The number of benzene rings is 2. The van der Waals surface area contributed by atoms with Crippen molar-refractivity contribution in [2.75, 3.05) is 7.11 Å². The molecule has 1 aromatic heterocycles. The number of hydrogen-bond acceptors (Lipinski definition) is 1. The summed E-state index contributed by atoms with van der Waals surface area (Å²) in [4.78, 5) is 3.54. The normalized spacial score (nSPS) is 13.1. The molecule has 0 aliphatic heterocycles. The highest BCUT2D eigenvalue weighted by Gasteiger charge is 2.21. The van der Waals surface area contributed by atoms with Gasteiger partial charge in [0.2, 0.25) is 0 Å². The number of methoxy groups -OCH3 is 1. The summed E-state index contributed by atoms with van der Waals surface area (Å²) in [7, 11) is 1.70. The predicted molar refractivity (Wildman–Crippen MR) is 82.7 cm³/mol. The van der Waals surface area contributed by atoms with Crippen molar-refractivity contribution in [2.45, 2.75) is 12.8 Å². The SMILES string of the molecule is COc1ccc2c(c1)-c1[nH]c3ccc(Cl)cc3c1CC2. The van der Waals surface area contributed by atoms with Crippen molar-refractivity contribution in [1.29, 1.82) is 0 Å². The van der Waals surface area contributed by atoms with E-state index in [1.165, 1.54) is 27.8 Å². The standard InChI is InChI=1S/C17H14ClNO/c1-20-12-5-2-10-3-6-13-15-8-11(18)4-7-16(15)19-17(13)14(10)9-12/h2,4-5,7-9,19H,3,6H2,1H3. The van der Waals surface area contributed by atoms with Crippen LogP contribution in [0.4, 0.5) is 0 Å². The van der Waals surface area contributed by atoms with Gasteiger partial charge in [0.1, 0.15) is 5.75 Å². The molecule has 1 aliphatic rings. The van der Waals surface area contributed by atoms with Crippen LogP contribution in [-0.2, 0) is 12.8 Å². The number of nitrogens with one attached hydrogen (secondary N) is 1. The Balaban J connectivity index is 2.01. The molecule has 2 aromatic carbocycles. The molecule has 100 valence electrons. The van der Waals surface area contributed by atoms with E-state index in [2.05, 4.69) is 29.2 Å². The van der Waals surface area contributed by atoms with E-state index in [1.54, 1.807) is 7.11 Å². The summed E-state index contributed by atoms with van der Waals surface area (Å²) in [6.07, 6.45) is 2.11. The van der Waals surface area contributed by atoms with Crippen LogP contribution in [0.1, 0.15) is 11.1 Å². The van der Waals surface area contributed by atoms with Crippen LogP contribution in [-0.4, -0.2) is 12.1 Å². The molecule has 4 rings (SSSR count). The number of ether oxygens (including phenoxy) is 1. The second-order valence-electron chi connectivity index (χ2n) is 5.19. The van der Waals surface area contributed by atoms with Gasteiger partial charge in [-0.05, 0) is 54.3 Å². The Morgan fingerprint density at radius 3 is 2.85 bits per heavy atom. The molecule has 1 aliphatic carbocycles. The van der Waals surface area contributed by atoms with E-state index in [-0.39, 0.29) is 0 Å². The van der Waals surface area contributed by atoms with Crippen molar-refractivity contribution in [3.8, 4) is 17.0 Å². The highest BCUT2D eigenvalue weighted by molar-refractivity contribution is 6.31. The number of rotatable bonds is 1. The molecule has 0 spiro atoms. The molecular formula is C17H14ClNO. The highest BCUT2D eigenvalue weighted by atomic mass is 35.5. The van der Waals surface area contributed by atoms with Crippen LogP contribution in [0.15, 0.2) is 36.4 Å². The molecule has 0 fully saturated rings. The molecule has 20 heavy (non-hydrogen) atoms. The fraction of sp³-hybridized carbons (Fsp3) is 0.176. The van der Waals surface area contributed by atoms with Gasteiger partial charge in [0.15, 0.2) is 0 Å². The fourth-order valence-corrected chi connectivity index (χ4v) is 3.27. The molecule has 0 bridgehead atoms. The smallest absolute Gasteiger partial charge is 0.119 e. The van der Waals surface area contributed by atoms with Gasteiger partial charge in [-0.15, -0.1) is 0 Å². The van der Waals surface area contributed by atoms with Crippen LogP contribution in [0.2, 0.25) is 5.02 Å². The predicted octanol–water partition coefficient (Wildman–Crippen LogP) is 4.60. The average Bonchev–Trinajstić information content (AvgIpc) is 2.85. The van der Waals surface area contributed by atoms with Gasteiger partial charge in [0.05, 0.1) is 12.8 Å². The fourth-order valence-electron chi connectivity index (χ4n) is 3.10. The van der Waals surface area contributed by atoms with Gasteiger partial charge in [0, 0.05) is 21.5 Å². The van der Waals surface area contributed by atoms with Crippen LogP contribution in [0, 0.1) is 0 Å². The summed E-state index contributed by atoms with van der Waals surface area (Å²) >= 11 is 6.13. The van der Waals surface area contributed by atoms with Crippen molar-refractivity contribution in [3.05, 3.63) is 52.5 Å². The molecule has 0 saturated carbocycles. The Bertz CT molecular complexity index is 819. The molecule has 1 N–H and O–H groups in total. The van der Waals surface area contributed by atoms with Gasteiger partial charge >= 0.3 is 0 Å². The molecule has 0 atom stereocenters. The van der Waals surface area contributed by atoms with E-state index in [0.717, 1.165) is 29.1 Å². The minimum absolute atomic E-state index is 0.788. The average molecular weight is 284 g/mol. The Labute approximate surface area is 122 Å². The van der Waals surface area contributed by atoms with Gasteiger partial charge in [-0.3, -0.25) is 0 Å². The summed E-state index contributed by atoms with van der Waals surface area (Å²) in [5, 5.41) is 2.02. The van der Waals surface area contributed by atoms with Gasteiger partial charge in [-0.1, -0.05) is 17.7 Å². The first-order valence-corrected chi connectivity index (χ1v) is 7.11. The van der Waals surface area contributed by atoms with Crippen molar-refractivity contribution in [3.63, 3.8) is 0 Å². The number of aryl methyl sites for hydroxylation is 2. The first-order chi connectivity index (χ1) is 9.76. The molecule has 2 nitrogen and oxygen atoms in total. The van der Waals surface area contributed by atoms with E-state index >= 15 is 0 Å². The van der Waals surface area contributed by atoms with Crippen LogP contribution in [0.25, 0.3) is 22.2 Å². The van der Waals surface area contributed by atoms with Gasteiger partial charge < -0.3 is 9.72 Å².